The third-order valence-electron chi connectivity index (χ3n) is 14.4. The van der Waals surface area contributed by atoms with Crippen molar-refractivity contribution in [3.63, 3.8) is 0 Å². The number of fused-ring (bicyclic) bond motifs is 4. The lowest BCUT2D eigenvalue weighted by Crippen LogP contribution is -2.71. The normalized spacial score (nSPS) is 32.5. The molecule has 54 heavy (non-hydrogen) atoms. The number of piperazine rings is 1. The Morgan fingerprint density at radius 2 is 1.67 bits per heavy atom. The van der Waals surface area contributed by atoms with Crippen LogP contribution in [-0.4, -0.2) is 115 Å². The molecule has 0 amide bonds. The Bertz CT molecular complexity index is 1730. The van der Waals surface area contributed by atoms with E-state index >= 15 is 0 Å². The molecule has 4 aliphatic carbocycles. The summed E-state index contributed by atoms with van der Waals surface area (Å²) in [5, 5.41) is 16.7. The Kier molecular flexibility index (Phi) is 11.3. The first-order chi connectivity index (χ1) is 26.0. The van der Waals surface area contributed by atoms with Gasteiger partial charge in [-0.2, -0.15) is 0 Å². The van der Waals surface area contributed by atoms with Crippen LogP contribution >= 0.6 is 0 Å². The quantitative estimate of drug-likeness (QED) is 0.270. The zero-order valence-electron chi connectivity index (χ0n) is 34.3. The lowest BCUT2D eigenvalue weighted by atomic mass is 9.51. The van der Waals surface area contributed by atoms with Crippen LogP contribution in [0.5, 0.6) is 0 Å². The first-order valence-corrected chi connectivity index (χ1v) is 21.1. The van der Waals surface area contributed by atoms with Crippen LogP contribution in [-0.2, 0) is 4.79 Å². The minimum Gasteiger partial charge on any atom is -0.378 e. The fourth-order valence-electron chi connectivity index (χ4n) is 11.3. The second kappa shape index (κ2) is 15.7. The molecule has 1 aromatic carbocycles. The highest BCUT2D eigenvalue weighted by atomic mass is 16.3. The van der Waals surface area contributed by atoms with Gasteiger partial charge < -0.3 is 20.2 Å². The highest BCUT2D eigenvalue weighted by Crippen LogP contribution is 2.66. The van der Waals surface area contributed by atoms with Crippen molar-refractivity contribution in [1.29, 1.82) is 0 Å². The third kappa shape index (κ3) is 6.78. The molecule has 6 aliphatic rings. The molecule has 0 radical (unpaired) electrons. The van der Waals surface area contributed by atoms with E-state index in [0.717, 1.165) is 90.9 Å². The van der Waals surface area contributed by atoms with Crippen LogP contribution in [0.3, 0.4) is 0 Å². The van der Waals surface area contributed by atoms with E-state index in [1.807, 2.05) is 6.08 Å². The van der Waals surface area contributed by atoms with E-state index in [1.54, 1.807) is 5.57 Å². The topological polar surface area (TPSA) is 65.5 Å². The average Bonchev–Trinajstić information content (AvgIpc) is 3.45. The van der Waals surface area contributed by atoms with Gasteiger partial charge in [0, 0.05) is 76.8 Å². The molecule has 1 saturated heterocycles. The van der Waals surface area contributed by atoms with Crippen molar-refractivity contribution in [3.8, 4) is 11.8 Å². The molecule has 2 heterocycles. The summed E-state index contributed by atoms with van der Waals surface area (Å²) in [6, 6.07) is 9.09. The van der Waals surface area contributed by atoms with Gasteiger partial charge in [-0.1, -0.05) is 56.4 Å². The SMILES string of the molecule is CCN(CC)C1=CC=CC(N(CC)CC)(N2CCN(CC#C[C@]3(O)CC[C@H]4[C@@H]5CCC6=CC(=O)CCC6=C5[C@@H](c5ccc(N(C)C)cc5)C[C@@]43C)CC2)N1. The highest BCUT2D eigenvalue weighted by molar-refractivity contribution is 5.93. The molecule has 0 bridgehead atoms. The first kappa shape index (κ1) is 38.9. The van der Waals surface area contributed by atoms with E-state index < -0.39 is 5.60 Å². The molecule has 8 heteroatoms. The van der Waals surface area contributed by atoms with Gasteiger partial charge >= 0.3 is 0 Å². The van der Waals surface area contributed by atoms with Crippen LogP contribution in [0.2, 0.25) is 0 Å². The second-order valence-electron chi connectivity index (χ2n) is 17.1. The lowest BCUT2D eigenvalue weighted by Gasteiger charge is -2.54. The fraction of sp³-hybridized carbons (Fsp3) is 0.630. The molecule has 3 fully saturated rings. The lowest BCUT2D eigenvalue weighted by molar-refractivity contribution is -0.114. The smallest absolute Gasteiger partial charge is 0.170 e. The number of carbonyl (C=O) groups is 1. The summed E-state index contributed by atoms with van der Waals surface area (Å²) in [6.45, 7) is 19.6. The second-order valence-corrected chi connectivity index (χ2v) is 17.1. The molecule has 2 aliphatic heterocycles. The number of carbonyl (C=O) groups excluding carboxylic acids is 1. The summed E-state index contributed by atoms with van der Waals surface area (Å²) < 4.78 is 0. The van der Waals surface area contributed by atoms with Crippen molar-refractivity contribution in [2.75, 3.05) is 77.9 Å². The number of rotatable bonds is 10. The summed E-state index contributed by atoms with van der Waals surface area (Å²) in [5.41, 5.74) is 5.50. The molecule has 7 rings (SSSR count). The summed E-state index contributed by atoms with van der Waals surface area (Å²) >= 11 is 0. The van der Waals surface area contributed by atoms with Gasteiger partial charge in [-0.3, -0.25) is 19.5 Å². The van der Waals surface area contributed by atoms with Crippen LogP contribution in [0.15, 0.2) is 71.1 Å². The van der Waals surface area contributed by atoms with Gasteiger partial charge in [0.2, 0.25) is 0 Å². The number of ketones is 1. The molecule has 0 spiro atoms. The zero-order chi connectivity index (χ0) is 38.3. The van der Waals surface area contributed by atoms with Gasteiger partial charge in [0.05, 0.1) is 6.54 Å². The number of likely N-dealkylation sites (N-methyl/N-ethyl adjacent to an activating group) is 1. The van der Waals surface area contributed by atoms with Crippen molar-refractivity contribution < 1.29 is 9.90 Å². The maximum absolute atomic E-state index is 12.7. The number of dihydropyridines is 1. The molecule has 292 valence electrons. The maximum atomic E-state index is 12.7. The van der Waals surface area contributed by atoms with Crippen molar-refractivity contribution in [2.24, 2.45) is 17.3 Å². The Balaban J connectivity index is 1.10. The molecule has 2 N–H and O–H groups in total. The highest BCUT2D eigenvalue weighted by Gasteiger charge is 2.62. The van der Waals surface area contributed by atoms with Crippen LogP contribution in [0.25, 0.3) is 0 Å². The molecule has 6 atom stereocenters. The Labute approximate surface area is 326 Å². The van der Waals surface area contributed by atoms with Crippen LogP contribution < -0.4 is 10.2 Å². The van der Waals surface area contributed by atoms with E-state index in [0.29, 0.717) is 24.8 Å². The maximum Gasteiger partial charge on any atom is 0.170 e. The molecule has 8 nitrogen and oxygen atoms in total. The number of hydrogen-bond donors (Lipinski definition) is 2. The summed E-state index contributed by atoms with van der Waals surface area (Å²) in [6.07, 6.45) is 14.9. The van der Waals surface area contributed by atoms with Crippen LogP contribution in [0.4, 0.5) is 5.69 Å². The predicted molar refractivity (Wildman–Crippen MR) is 221 cm³/mol. The Morgan fingerprint density at radius 1 is 0.944 bits per heavy atom. The minimum absolute atomic E-state index is 0.219. The number of anilines is 1. The number of allylic oxidation sites excluding steroid dienone is 6. The van der Waals surface area contributed by atoms with E-state index in [9.17, 15) is 9.90 Å². The Morgan fingerprint density at radius 3 is 2.33 bits per heavy atom. The van der Waals surface area contributed by atoms with Gasteiger partial charge in [0.1, 0.15) is 11.4 Å². The summed E-state index contributed by atoms with van der Waals surface area (Å²) in [4.78, 5) is 24.7. The Hall–Kier alpha value is -3.35. The van der Waals surface area contributed by atoms with Crippen molar-refractivity contribution in [2.45, 2.75) is 96.9 Å². The van der Waals surface area contributed by atoms with Gasteiger partial charge in [-0.25, -0.2) is 0 Å². The van der Waals surface area contributed by atoms with Crippen molar-refractivity contribution in [3.05, 3.63) is 76.7 Å². The number of nitrogens with zero attached hydrogens (tertiary/aromatic N) is 5. The summed E-state index contributed by atoms with van der Waals surface area (Å²) in [5.74, 6) is 9.29. The predicted octanol–water partition coefficient (Wildman–Crippen LogP) is 6.34. The third-order valence-corrected chi connectivity index (χ3v) is 14.4. The molecule has 1 unspecified atom stereocenters. The molecular formula is C46H66N6O2. The van der Waals surface area contributed by atoms with Gasteiger partial charge in [0.15, 0.2) is 11.6 Å². The van der Waals surface area contributed by atoms with E-state index in [1.165, 1.54) is 28.2 Å². The minimum atomic E-state index is -1.02. The zero-order valence-corrected chi connectivity index (χ0v) is 34.3. The first-order valence-electron chi connectivity index (χ1n) is 21.1. The number of benzene rings is 1. The molecule has 2 saturated carbocycles. The average molecular weight is 735 g/mol. The molecule has 1 aromatic rings. The molecule has 0 aromatic heterocycles. The van der Waals surface area contributed by atoms with Gasteiger partial charge in [-0.15, -0.1) is 0 Å². The van der Waals surface area contributed by atoms with Crippen LogP contribution in [0, 0.1) is 29.1 Å². The standard InChI is InChI=1S/C46H66N6O2/c1-8-50(9-2)42-14-12-25-46(47-42,51(10-3)11-4)52-30-28-49(29-31-52)27-13-24-45(54)26-23-41-39-21-17-35-32-37(53)20-22-38(35)43(39)40(33-44(41,45)5)34-15-18-36(19-16-34)48(6)7/h12,14-16,18-19,25,32,39-41,47,54H,8-11,17,20-23,26-31,33H2,1-7H3/t39-,40+,41-,44-,45-,46?/m0/s1. The van der Waals surface area contributed by atoms with Gasteiger partial charge in [-0.05, 0) is 124 Å². The van der Waals surface area contributed by atoms with E-state index in [4.69, 9.17) is 0 Å². The van der Waals surface area contributed by atoms with Crippen LogP contribution in [0.1, 0.15) is 91.0 Å². The number of nitrogens with one attached hydrogen (secondary N) is 1. The number of hydrogen-bond acceptors (Lipinski definition) is 8. The fourth-order valence-corrected chi connectivity index (χ4v) is 11.3. The molecular weight excluding hydrogens is 669 g/mol. The van der Waals surface area contributed by atoms with Gasteiger partial charge in [0.25, 0.3) is 0 Å². The van der Waals surface area contributed by atoms with Crippen molar-refractivity contribution >= 4 is 11.5 Å². The summed E-state index contributed by atoms with van der Waals surface area (Å²) in [7, 11) is 4.18. The van der Waals surface area contributed by atoms with E-state index in [-0.39, 0.29) is 22.9 Å². The monoisotopic (exact) mass is 735 g/mol. The van der Waals surface area contributed by atoms with Crippen molar-refractivity contribution in [1.82, 2.24) is 24.9 Å². The largest absolute Gasteiger partial charge is 0.378 e. The number of aliphatic hydroxyl groups is 1. The van der Waals surface area contributed by atoms with E-state index in [2.05, 4.69) is 133 Å².